The molecule has 104 valence electrons. The van der Waals surface area contributed by atoms with Gasteiger partial charge in [-0.3, -0.25) is 4.79 Å². The van der Waals surface area contributed by atoms with Crippen LogP contribution < -0.4 is 11.1 Å². The van der Waals surface area contributed by atoms with Crippen LogP contribution in [0.1, 0.15) is 21.6 Å². The highest BCUT2D eigenvalue weighted by Gasteiger charge is 2.13. The Hall–Kier alpha value is -1.40. The van der Waals surface area contributed by atoms with Crippen LogP contribution in [0, 0.1) is 13.8 Å². The zero-order valence-electron chi connectivity index (χ0n) is 11.0. The monoisotopic (exact) mass is 397 g/mol. The predicted molar refractivity (Wildman–Crippen MR) is 87.9 cm³/mol. The van der Waals surface area contributed by atoms with Gasteiger partial charge in [-0.05, 0) is 59.6 Å². The van der Waals surface area contributed by atoms with E-state index in [1.54, 1.807) is 24.3 Å². The number of carbonyl (C=O) groups excluding carboxylic acids is 1. The highest BCUT2D eigenvalue weighted by Crippen LogP contribution is 2.24. The van der Waals surface area contributed by atoms with E-state index in [4.69, 9.17) is 5.73 Å². The van der Waals surface area contributed by atoms with Gasteiger partial charge in [-0.1, -0.05) is 15.9 Å². The summed E-state index contributed by atoms with van der Waals surface area (Å²) < 4.78 is 1.51. The lowest BCUT2D eigenvalue weighted by Crippen LogP contribution is -2.15. The molecule has 2 aromatic rings. The Labute approximate surface area is 134 Å². The summed E-state index contributed by atoms with van der Waals surface area (Å²) in [4.78, 5) is 16.6. The van der Waals surface area contributed by atoms with E-state index >= 15 is 0 Å². The third-order valence-corrected chi connectivity index (χ3v) is 3.86. The Bertz CT molecular complexity index is 686. The van der Waals surface area contributed by atoms with Crippen LogP contribution in [-0.4, -0.2) is 10.9 Å². The van der Waals surface area contributed by atoms with Gasteiger partial charge in [0.2, 0.25) is 0 Å². The highest BCUT2D eigenvalue weighted by atomic mass is 79.9. The van der Waals surface area contributed by atoms with Crippen molar-refractivity contribution < 1.29 is 4.79 Å². The van der Waals surface area contributed by atoms with Crippen molar-refractivity contribution in [3.05, 3.63) is 50.2 Å². The Morgan fingerprint density at radius 1 is 1.25 bits per heavy atom. The Morgan fingerprint density at radius 3 is 2.60 bits per heavy atom. The first-order valence-corrected chi connectivity index (χ1v) is 7.47. The van der Waals surface area contributed by atoms with Gasteiger partial charge in [0.15, 0.2) is 0 Å². The van der Waals surface area contributed by atoms with E-state index in [1.165, 1.54) is 0 Å². The number of benzene rings is 1. The van der Waals surface area contributed by atoms with Crippen LogP contribution in [0.5, 0.6) is 0 Å². The zero-order chi connectivity index (χ0) is 14.9. The van der Waals surface area contributed by atoms with Crippen molar-refractivity contribution in [3.63, 3.8) is 0 Å². The number of nitrogens with zero attached hydrogens (tertiary/aromatic N) is 1. The maximum atomic E-state index is 12.3. The average Bonchev–Trinajstić information content (AvgIpc) is 2.37. The number of nitrogen functional groups attached to an aromatic ring is 1. The molecule has 0 radical (unpaired) electrons. The standard InChI is InChI=1S/C14H13Br2N3O/c1-7-10(5-9(15)6-11(7)17)14(20)19-12-3-4-13(16)18-8(12)2/h3-6H,17H2,1-2H3,(H,19,20). The molecule has 20 heavy (non-hydrogen) atoms. The number of aryl methyl sites for hydroxylation is 1. The van der Waals surface area contributed by atoms with Crippen molar-refractivity contribution >= 4 is 49.1 Å². The van der Waals surface area contributed by atoms with Gasteiger partial charge in [-0.2, -0.15) is 0 Å². The second-order valence-corrected chi connectivity index (χ2v) is 6.12. The fraction of sp³-hybridized carbons (Fsp3) is 0.143. The minimum absolute atomic E-state index is 0.206. The first kappa shape index (κ1) is 15.0. The van der Waals surface area contributed by atoms with E-state index in [-0.39, 0.29) is 5.91 Å². The SMILES string of the molecule is Cc1nc(Br)ccc1NC(=O)c1cc(Br)cc(N)c1C. The number of nitrogens with one attached hydrogen (secondary N) is 1. The number of pyridine rings is 1. The number of hydrogen-bond donors (Lipinski definition) is 2. The highest BCUT2D eigenvalue weighted by molar-refractivity contribution is 9.10. The molecule has 0 aliphatic rings. The fourth-order valence-electron chi connectivity index (χ4n) is 1.79. The zero-order valence-corrected chi connectivity index (χ0v) is 14.2. The van der Waals surface area contributed by atoms with Gasteiger partial charge in [0.1, 0.15) is 4.60 Å². The Balaban J connectivity index is 2.33. The Kier molecular flexibility index (Phi) is 4.45. The summed E-state index contributed by atoms with van der Waals surface area (Å²) in [5, 5.41) is 2.85. The molecule has 0 aliphatic heterocycles. The van der Waals surface area contributed by atoms with E-state index in [9.17, 15) is 4.79 Å². The van der Waals surface area contributed by atoms with Crippen LogP contribution in [0.2, 0.25) is 0 Å². The maximum Gasteiger partial charge on any atom is 0.256 e. The molecule has 1 aromatic heterocycles. The van der Waals surface area contributed by atoms with E-state index < -0.39 is 0 Å². The molecule has 2 rings (SSSR count). The molecule has 0 bridgehead atoms. The lowest BCUT2D eigenvalue weighted by Gasteiger charge is -2.11. The molecule has 0 unspecified atom stereocenters. The number of rotatable bonds is 2. The molecule has 0 spiro atoms. The minimum Gasteiger partial charge on any atom is -0.398 e. The second-order valence-electron chi connectivity index (χ2n) is 4.39. The molecule has 6 heteroatoms. The van der Waals surface area contributed by atoms with E-state index in [2.05, 4.69) is 42.2 Å². The predicted octanol–water partition coefficient (Wildman–Crippen LogP) is 4.06. The third-order valence-electron chi connectivity index (χ3n) is 2.96. The number of hydrogen-bond acceptors (Lipinski definition) is 3. The van der Waals surface area contributed by atoms with Crippen molar-refractivity contribution in [2.75, 3.05) is 11.1 Å². The molecule has 0 atom stereocenters. The molecule has 4 nitrogen and oxygen atoms in total. The van der Waals surface area contributed by atoms with Crippen LogP contribution in [0.3, 0.4) is 0 Å². The summed E-state index contributed by atoms with van der Waals surface area (Å²) in [6.45, 7) is 3.66. The smallest absolute Gasteiger partial charge is 0.256 e. The van der Waals surface area contributed by atoms with Gasteiger partial charge in [-0.15, -0.1) is 0 Å². The molecule has 0 aliphatic carbocycles. The van der Waals surface area contributed by atoms with Crippen LogP contribution >= 0.6 is 31.9 Å². The van der Waals surface area contributed by atoms with Crippen LogP contribution in [0.4, 0.5) is 11.4 Å². The topological polar surface area (TPSA) is 68.0 Å². The van der Waals surface area contributed by atoms with Gasteiger partial charge >= 0.3 is 0 Å². The van der Waals surface area contributed by atoms with Crippen molar-refractivity contribution in [2.45, 2.75) is 13.8 Å². The summed E-state index contributed by atoms with van der Waals surface area (Å²) in [6, 6.07) is 7.12. The number of nitrogens with two attached hydrogens (primary N) is 1. The normalized spacial score (nSPS) is 10.4. The first-order chi connectivity index (χ1) is 9.38. The molecule has 0 saturated heterocycles. The number of halogens is 2. The molecule has 1 aromatic carbocycles. The number of aromatic nitrogens is 1. The summed E-state index contributed by atoms with van der Waals surface area (Å²) >= 11 is 6.64. The maximum absolute atomic E-state index is 12.3. The molecule has 1 amide bonds. The van der Waals surface area contributed by atoms with E-state index in [0.717, 1.165) is 20.3 Å². The van der Waals surface area contributed by atoms with Crippen LogP contribution in [-0.2, 0) is 0 Å². The first-order valence-electron chi connectivity index (χ1n) is 5.88. The van der Waals surface area contributed by atoms with Gasteiger partial charge in [0.25, 0.3) is 5.91 Å². The van der Waals surface area contributed by atoms with Crippen molar-refractivity contribution in [1.29, 1.82) is 0 Å². The molecular weight excluding hydrogens is 386 g/mol. The summed E-state index contributed by atoms with van der Waals surface area (Å²) in [6.07, 6.45) is 0. The third kappa shape index (κ3) is 3.19. The van der Waals surface area contributed by atoms with Crippen LogP contribution in [0.25, 0.3) is 0 Å². The van der Waals surface area contributed by atoms with Gasteiger partial charge < -0.3 is 11.1 Å². The molecule has 1 heterocycles. The van der Waals surface area contributed by atoms with Crippen LogP contribution in [0.15, 0.2) is 33.3 Å². The largest absolute Gasteiger partial charge is 0.398 e. The summed E-state index contributed by atoms with van der Waals surface area (Å²) in [7, 11) is 0. The lowest BCUT2D eigenvalue weighted by atomic mass is 10.1. The van der Waals surface area contributed by atoms with Crippen molar-refractivity contribution in [3.8, 4) is 0 Å². The second kappa shape index (κ2) is 5.93. The van der Waals surface area contributed by atoms with Gasteiger partial charge in [-0.25, -0.2) is 4.98 Å². The van der Waals surface area contributed by atoms with Gasteiger partial charge in [0.05, 0.1) is 11.4 Å². The van der Waals surface area contributed by atoms with Gasteiger partial charge in [0, 0.05) is 15.7 Å². The average molecular weight is 399 g/mol. The molecule has 0 fully saturated rings. The van der Waals surface area contributed by atoms with Crippen molar-refractivity contribution in [1.82, 2.24) is 4.98 Å². The van der Waals surface area contributed by atoms with E-state index in [1.807, 2.05) is 13.8 Å². The number of amides is 1. The van der Waals surface area contributed by atoms with Crippen molar-refractivity contribution in [2.24, 2.45) is 0 Å². The Morgan fingerprint density at radius 2 is 1.95 bits per heavy atom. The number of anilines is 2. The molecule has 0 saturated carbocycles. The summed E-state index contributed by atoms with van der Waals surface area (Å²) in [5.41, 5.74) is 9.17. The minimum atomic E-state index is -0.206. The van der Waals surface area contributed by atoms with E-state index in [0.29, 0.717) is 16.9 Å². The summed E-state index contributed by atoms with van der Waals surface area (Å²) in [5.74, 6) is -0.206. The lowest BCUT2D eigenvalue weighted by molar-refractivity contribution is 0.102. The number of carbonyl (C=O) groups is 1. The quantitative estimate of drug-likeness (QED) is 0.592. The fourth-order valence-corrected chi connectivity index (χ4v) is 2.66. The molecule has 3 N–H and O–H groups in total. The molecular formula is C14H13Br2N3O.